The maximum absolute atomic E-state index is 12.0. The van der Waals surface area contributed by atoms with Crippen LogP contribution in [0.15, 0.2) is 41.3 Å². The predicted octanol–water partition coefficient (Wildman–Crippen LogP) is 1.97. The Morgan fingerprint density at radius 3 is 2.18 bits per heavy atom. The van der Waals surface area contributed by atoms with Gasteiger partial charge in [-0.3, -0.25) is 4.79 Å². The normalized spacial score (nSPS) is 11.2. The minimum absolute atomic E-state index is 0.00951. The highest BCUT2D eigenvalue weighted by molar-refractivity contribution is 7.89. The Balaban J connectivity index is 2.05. The molecule has 2 rings (SSSR count). The van der Waals surface area contributed by atoms with Gasteiger partial charge in [0, 0.05) is 12.1 Å². The number of primary sulfonamides is 1. The van der Waals surface area contributed by atoms with E-state index in [0.29, 0.717) is 5.56 Å². The summed E-state index contributed by atoms with van der Waals surface area (Å²) in [6, 6.07) is 8.66. The number of nitrogens with zero attached hydrogens (tertiary/aromatic N) is 1. The fraction of sp³-hybridized carbons (Fsp3) is 0.0769. The Morgan fingerprint density at radius 2 is 1.68 bits per heavy atom. The van der Waals surface area contributed by atoms with Crippen LogP contribution in [0.5, 0.6) is 0 Å². The summed E-state index contributed by atoms with van der Waals surface area (Å²) in [6.45, 7) is 0.210. The highest BCUT2D eigenvalue weighted by Gasteiger charge is 2.10. The van der Waals surface area contributed by atoms with E-state index in [1.165, 1.54) is 24.3 Å². The van der Waals surface area contributed by atoms with Crippen LogP contribution in [0.3, 0.4) is 0 Å². The summed E-state index contributed by atoms with van der Waals surface area (Å²) < 4.78 is 22.3. The van der Waals surface area contributed by atoms with Crippen molar-refractivity contribution in [2.75, 3.05) is 0 Å². The fourth-order valence-electron chi connectivity index (χ4n) is 1.68. The fourth-order valence-corrected chi connectivity index (χ4v) is 2.65. The lowest BCUT2D eigenvalue weighted by Crippen LogP contribution is -2.23. The Labute approximate surface area is 137 Å². The second kappa shape index (κ2) is 6.62. The Hall–Kier alpha value is -1.67. The molecule has 0 saturated heterocycles. The molecule has 3 N–H and O–H groups in total. The molecule has 0 bridgehead atoms. The zero-order valence-corrected chi connectivity index (χ0v) is 13.4. The highest BCUT2D eigenvalue weighted by Crippen LogP contribution is 2.15. The molecule has 0 aliphatic rings. The molecule has 2 aromatic rings. The van der Waals surface area contributed by atoms with Gasteiger partial charge in [-0.05, 0) is 29.8 Å². The van der Waals surface area contributed by atoms with Gasteiger partial charge in [-0.25, -0.2) is 18.5 Å². The number of carbonyl (C=O) groups is 1. The lowest BCUT2D eigenvalue weighted by atomic mass is 10.2. The maximum Gasteiger partial charge on any atom is 0.251 e. The largest absolute Gasteiger partial charge is 0.348 e. The minimum Gasteiger partial charge on any atom is -0.348 e. The van der Waals surface area contributed by atoms with Crippen molar-refractivity contribution < 1.29 is 13.2 Å². The predicted molar refractivity (Wildman–Crippen MR) is 83.2 cm³/mol. The number of nitrogens with one attached hydrogen (secondary N) is 1. The van der Waals surface area contributed by atoms with Crippen LogP contribution in [0.1, 0.15) is 15.9 Å². The van der Waals surface area contributed by atoms with Crippen LogP contribution in [-0.2, 0) is 16.6 Å². The van der Waals surface area contributed by atoms with Crippen molar-refractivity contribution >= 4 is 39.1 Å². The molecule has 0 saturated carbocycles. The van der Waals surface area contributed by atoms with Gasteiger partial charge in [0.2, 0.25) is 10.0 Å². The number of hydrogen-bond donors (Lipinski definition) is 2. The summed E-state index contributed by atoms with van der Waals surface area (Å²) in [7, 11) is -3.73. The van der Waals surface area contributed by atoms with E-state index in [2.05, 4.69) is 10.3 Å². The average Bonchev–Trinajstić information content (AvgIpc) is 2.43. The van der Waals surface area contributed by atoms with Gasteiger partial charge in [-0.2, -0.15) is 0 Å². The van der Waals surface area contributed by atoms with Crippen molar-refractivity contribution in [3.05, 3.63) is 57.8 Å². The van der Waals surface area contributed by atoms with Crippen molar-refractivity contribution in [1.29, 1.82) is 0 Å². The lowest BCUT2D eigenvalue weighted by molar-refractivity contribution is 0.0950. The van der Waals surface area contributed by atoms with Gasteiger partial charge in [-0.15, -0.1) is 0 Å². The van der Waals surface area contributed by atoms with Crippen molar-refractivity contribution in [1.82, 2.24) is 10.3 Å². The van der Waals surface area contributed by atoms with E-state index in [0.717, 1.165) is 0 Å². The van der Waals surface area contributed by atoms with E-state index in [-0.39, 0.29) is 33.2 Å². The van der Waals surface area contributed by atoms with Gasteiger partial charge in [0.1, 0.15) is 10.3 Å². The minimum atomic E-state index is -3.73. The number of halogens is 2. The molecule has 1 aromatic heterocycles. The molecule has 0 spiro atoms. The first kappa shape index (κ1) is 16.7. The molecule has 6 nitrogen and oxygen atoms in total. The van der Waals surface area contributed by atoms with Crippen LogP contribution in [0.4, 0.5) is 0 Å². The third kappa shape index (κ3) is 4.41. The molecule has 1 aromatic carbocycles. The van der Waals surface area contributed by atoms with E-state index < -0.39 is 10.0 Å². The summed E-state index contributed by atoms with van der Waals surface area (Å²) in [5.74, 6) is -0.373. The number of carbonyl (C=O) groups excluding carboxylic acids is 1. The molecule has 22 heavy (non-hydrogen) atoms. The molecule has 0 radical (unpaired) electrons. The average molecular weight is 360 g/mol. The number of amides is 1. The number of nitrogens with two attached hydrogens (primary N) is 1. The third-order valence-electron chi connectivity index (χ3n) is 2.73. The molecular formula is C13H11Cl2N3O3S. The molecule has 116 valence electrons. The first-order valence-corrected chi connectivity index (χ1v) is 8.29. The van der Waals surface area contributed by atoms with Crippen molar-refractivity contribution in [2.24, 2.45) is 5.14 Å². The van der Waals surface area contributed by atoms with Gasteiger partial charge in [-0.1, -0.05) is 35.3 Å². The molecular weight excluding hydrogens is 349 g/mol. The summed E-state index contributed by atoms with van der Waals surface area (Å²) in [6.07, 6.45) is 0. The Morgan fingerprint density at radius 1 is 1.14 bits per heavy atom. The molecule has 1 amide bonds. The number of aromatic nitrogens is 1. The maximum atomic E-state index is 12.0. The smallest absolute Gasteiger partial charge is 0.251 e. The van der Waals surface area contributed by atoms with E-state index in [9.17, 15) is 13.2 Å². The van der Waals surface area contributed by atoms with E-state index in [4.69, 9.17) is 28.3 Å². The van der Waals surface area contributed by atoms with Gasteiger partial charge in [0.05, 0.1) is 4.90 Å². The van der Waals surface area contributed by atoms with Crippen LogP contribution in [0.2, 0.25) is 10.3 Å². The van der Waals surface area contributed by atoms with Crippen molar-refractivity contribution in [3.63, 3.8) is 0 Å². The molecule has 1 heterocycles. The topological polar surface area (TPSA) is 102 Å². The lowest BCUT2D eigenvalue weighted by Gasteiger charge is -2.07. The molecule has 0 aliphatic carbocycles. The SMILES string of the molecule is NS(=O)(=O)c1ccc(CNC(=O)c2cc(Cl)nc(Cl)c2)cc1. The molecule has 9 heteroatoms. The van der Waals surface area contributed by atoms with E-state index >= 15 is 0 Å². The first-order valence-electron chi connectivity index (χ1n) is 5.99. The number of pyridine rings is 1. The number of rotatable bonds is 4. The van der Waals surface area contributed by atoms with Crippen LogP contribution in [0, 0.1) is 0 Å². The van der Waals surface area contributed by atoms with Gasteiger partial charge >= 0.3 is 0 Å². The van der Waals surface area contributed by atoms with Crippen LogP contribution in [-0.4, -0.2) is 19.3 Å². The Kier molecular flexibility index (Phi) is 5.02. The van der Waals surface area contributed by atoms with Crippen molar-refractivity contribution in [3.8, 4) is 0 Å². The van der Waals surface area contributed by atoms with E-state index in [1.54, 1.807) is 12.1 Å². The monoisotopic (exact) mass is 359 g/mol. The second-order valence-corrected chi connectivity index (χ2v) is 6.71. The summed E-state index contributed by atoms with van der Waals surface area (Å²) in [4.78, 5) is 15.7. The standard InChI is InChI=1S/C13H11Cl2N3O3S/c14-11-5-9(6-12(15)18-11)13(19)17-7-8-1-3-10(4-2-8)22(16,20)21/h1-6H,7H2,(H,17,19)(H2,16,20,21). The van der Waals surface area contributed by atoms with Gasteiger partial charge in [0.25, 0.3) is 5.91 Å². The molecule has 0 atom stereocenters. The number of hydrogen-bond acceptors (Lipinski definition) is 4. The first-order chi connectivity index (χ1) is 10.3. The molecule has 0 unspecified atom stereocenters. The second-order valence-electron chi connectivity index (χ2n) is 4.37. The summed E-state index contributed by atoms with van der Waals surface area (Å²) in [5, 5.41) is 7.91. The van der Waals surface area contributed by atoms with Crippen molar-refractivity contribution in [2.45, 2.75) is 11.4 Å². The zero-order chi connectivity index (χ0) is 16.3. The van der Waals surface area contributed by atoms with Crippen LogP contribution >= 0.6 is 23.2 Å². The Bertz CT molecular complexity index is 788. The third-order valence-corrected chi connectivity index (χ3v) is 4.05. The quantitative estimate of drug-likeness (QED) is 0.814. The zero-order valence-electron chi connectivity index (χ0n) is 11.1. The van der Waals surface area contributed by atoms with Crippen LogP contribution in [0.25, 0.3) is 0 Å². The summed E-state index contributed by atoms with van der Waals surface area (Å²) in [5.41, 5.74) is 0.998. The summed E-state index contributed by atoms with van der Waals surface area (Å²) >= 11 is 11.5. The van der Waals surface area contributed by atoms with Gasteiger partial charge in [0.15, 0.2) is 0 Å². The molecule has 0 fully saturated rings. The number of benzene rings is 1. The molecule has 0 aliphatic heterocycles. The number of sulfonamides is 1. The van der Waals surface area contributed by atoms with E-state index in [1.807, 2.05) is 0 Å². The van der Waals surface area contributed by atoms with Crippen LogP contribution < -0.4 is 10.5 Å². The van der Waals surface area contributed by atoms with Gasteiger partial charge < -0.3 is 5.32 Å². The highest BCUT2D eigenvalue weighted by atomic mass is 35.5.